The van der Waals surface area contributed by atoms with Gasteiger partial charge in [0.25, 0.3) is 0 Å². The Kier molecular flexibility index (Phi) is 4.10. The molecule has 1 saturated heterocycles. The Morgan fingerprint density at radius 1 is 1.50 bits per heavy atom. The van der Waals surface area contributed by atoms with Crippen molar-refractivity contribution in [2.24, 2.45) is 5.92 Å². The van der Waals surface area contributed by atoms with Gasteiger partial charge >= 0.3 is 5.97 Å². The summed E-state index contributed by atoms with van der Waals surface area (Å²) in [6, 6.07) is 7.51. The summed E-state index contributed by atoms with van der Waals surface area (Å²) in [5.74, 6) is -0.162. The zero-order valence-electron chi connectivity index (χ0n) is 12.4. The van der Waals surface area contributed by atoms with Crippen LogP contribution in [0, 0.1) is 5.92 Å². The Balaban J connectivity index is 1.80. The van der Waals surface area contributed by atoms with Crippen LogP contribution in [0.2, 0.25) is 5.02 Å². The molecule has 1 aliphatic rings. The molecule has 0 saturated carbocycles. The Hall–Kier alpha value is -1.59. The van der Waals surface area contributed by atoms with E-state index in [-0.39, 0.29) is 11.9 Å². The quantitative estimate of drug-likeness (QED) is 0.820. The SMILES string of the molecule is CC[C@@H]1C[C@@](C)(c2csc(Nc3ccccc3Cl)n2)OC1=O. The van der Waals surface area contributed by atoms with Gasteiger partial charge in [0.2, 0.25) is 0 Å². The number of carbonyl (C=O) groups excluding carboxylic acids is 1. The highest BCUT2D eigenvalue weighted by molar-refractivity contribution is 7.13. The molecule has 116 valence electrons. The molecule has 2 aromatic rings. The fourth-order valence-corrected chi connectivity index (χ4v) is 3.65. The number of hydrogen-bond acceptors (Lipinski definition) is 5. The second kappa shape index (κ2) is 5.89. The minimum Gasteiger partial charge on any atom is -0.453 e. The molecule has 3 rings (SSSR count). The van der Waals surface area contributed by atoms with E-state index >= 15 is 0 Å². The predicted octanol–water partition coefficient (Wildman–Crippen LogP) is 4.73. The van der Waals surface area contributed by atoms with Crippen molar-refractivity contribution in [2.75, 3.05) is 5.32 Å². The number of carbonyl (C=O) groups is 1. The number of esters is 1. The first-order valence-electron chi connectivity index (χ1n) is 7.22. The van der Waals surface area contributed by atoms with Gasteiger partial charge < -0.3 is 10.1 Å². The highest BCUT2D eigenvalue weighted by atomic mass is 35.5. The van der Waals surface area contributed by atoms with Gasteiger partial charge in [-0.2, -0.15) is 0 Å². The van der Waals surface area contributed by atoms with Crippen LogP contribution in [-0.4, -0.2) is 11.0 Å². The van der Waals surface area contributed by atoms with Crippen LogP contribution in [0.3, 0.4) is 0 Å². The summed E-state index contributed by atoms with van der Waals surface area (Å²) in [5, 5.41) is 6.52. The van der Waals surface area contributed by atoms with Crippen molar-refractivity contribution >= 4 is 39.7 Å². The van der Waals surface area contributed by atoms with Gasteiger partial charge in [-0.25, -0.2) is 4.98 Å². The molecule has 1 N–H and O–H groups in total. The topological polar surface area (TPSA) is 51.2 Å². The Morgan fingerprint density at radius 3 is 2.95 bits per heavy atom. The molecule has 1 aromatic heterocycles. The van der Waals surface area contributed by atoms with Crippen molar-refractivity contribution in [3.63, 3.8) is 0 Å². The second-order valence-electron chi connectivity index (χ2n) is 5.60. The minimum atomic E-state index is -0.630. The number of para-hydroxylation sites is 1. The van der Waals surface area contributed by atoms with Crippen LogP contribution in [0.25, 0.3) is 0 Å². The smallest absolute Gasteiger partial charge is 0.310 e. The molecule has 2 atom stereocenters. The van der Waals surface area contributed by atoms with Gasteiger partial charge in [-0.3, -0.25) is 4.79 Å². The van der Waals surface area contributed by atoms with Crippen LogP contribution in [0.4, 0.5) is 10.8 Å². The van der Waals surface area contributed by atoms with E-state index < -0.39 is 5.60 Å². The number of benzene rings is 1. The van der Waals surface area contributed by atoms with Crippen molar-refractivity contribution in [3.8, 4) is 0 Å². The number of cyclic esters (lactones) is 1. The summed E-state index contributed by atoms with van der Waals surface area (Å²) < 4.78 is 5.58. The Bertz CT molecular complexity index is 703. The van der Waals surface area contributed by atoms with E-state index in [1.807, 2.05) is 43.5 Å². The zero-order chi connectivity index (χ0) is 15.7. The van der Waals surface area contributed by atoms with Crippen LogP contribution in [-0.2, 0) is 15.1 Å². The summed E-state index contributed by atoms with van der Waals surface area (Å²) in [7, 11) is 0. The van der Waals surface area contributed by atoms with E-state index in [9.17, 15) is 4.79 Å². The van der Waals surface area contributed by atoms with E-state index in [0.29, 0.717) is 11.4 Å². The normalized spacial score (nSPS) is 24.3. The number of anilines is 2. The summed E-state index contributed by atoms with van der Waals surface area (Å²) in [4.78, 5) is 16.4. The number of thiazole rings is 1. The number of nitrogens with one attached hydrogen (secondary N) is 1. The molecule has 0 radical (unpaired) electrons. The Morgan fingerprint density at radius 2 is 2.27 bits per heavy atom. The standard InChI is InChI=1S/C16H17ClN2O2S/c1-3-10-8-16(2,21-14(10)20)13-9-22-15(19-13)18-12-7-5-4-6-11(12)17/h4-7,9-10H,3,8H2,1-2H3,(H,18,19)/t10-,16+/m1/s1. The third-order valence-corrected chi connectivity index (χ3v) is 5.04. The first-order valence-corrected chi connectivity index (χ1v) is 8.48. The van der Waals surface area contributed by atoms with Crippen LogP contribution in [0.5, 0.6) is 0 Å². The molecular formula is C16H17ClN2O2S. The minimum absolute atomic E-state index is 0.0355. The third kappa shape index (κ3) is 2.83. The molecule has 1 aliphatic heterocycles. The molecule has 0 aliphatic carbocycles. The maximum Gasteiger partial charge on any atom is 0.310 e. The average Bonchev–Trinajstić information content (AvgIpc) is 3.07. The van der Waals surface area contributed by atoms with Crippen molar-refractivity contribution in [2.45, 2.75) is 32.3 Å². The van der Waals surface area contributed by atoms with Crippen LogP contribution >= 0.6 is 22.9 Å². The number of aromatic nitrogens is 1. The number of rotatable bonds is 4. The van der Waals surface area contributed by atoms with Crippen LogP contribution < -0.4 is 5.32 Å². The molecule has 1 aromatic carbocycles. The molecule has 0 unspecified atom stereocenters. The fourth-order valence-electron chi connectivity index (χ4n) is 2.62. The Labute approximate surface area is 138 Å². The van der Waals surface area contributed by atoms with Crippen molar-refractivity contribution < 1.29 is 9.53 Å². The van der Waals surface area contributed by atoms with E-state index in [1.165, 1.54) is 11.3 Å². The monoisotopic (exact) mass is 336 g/mol. The lowest BCUT2D eigenvalue weighted by Crippen LogP contribution is -2.21. The van der Waals surface area contributed by atoms with Crippen molar-refractivity contribution in [1.29, 1.82) is 0 Å². The average molecular weight is 337 g/mol. The fraction of sp³-hybridized carbons (Fsp3) is 0.375. The predicted molar refractivity (Wildman–Crippen MR) is 88.7 cm³/mol. The van der Waals surface area contributed by atoms with Gasteiger partial charge in [-0.1, -0.05) is 30.7 Å². The zero-order valence-corrected chi connectivity index (χ0v) is 14.0. The van der Waals surface area contributed by atoms with Gasteiger partial charge in [0.1, 0.15) is 0 Å². The summed E-state index contributed by atoms with van der Waals surface area (Å²) in [5.41, 5.74) is 0.968. The lowest BCUT2D eigenvalue weighted by Gasteiger charge is -2.19. The van der Waals surface area contributed by atoms with E-state index in [2.05, 4.69) is 10.3 Å². The molecular weight excluding hydrogens is 320 g/mol. The van der Waals surface area contributed by atoms with Gasteiger partial charge in [-0.05, 0) is 25.5 Å². The second-order valence-corrected chi connectivity index (χ2v) is 6.87. The number of halogens is 1. The molecule has 4 nitrogen and oxygen atoms in total. The number of nitrogens with zero attached hydrogens (tertiary/aromatic N) is 1. The lowest BCUT2D eigenvalue weighted by molar-refractivity contribution is -0.150. The maximum atomic E-state index is 11.9. The molecule has 1 fully saturated rings. The van der Waals surface area contributed by atoms with Gasteiger partial charge in [0, 0.05) is 11.8 Å². The largest absolute Gasteiger partial charge is 0.453 e. The molecule has 0 bridgehead atoms. The summed E-state index contributed by atoms with van der Waals surface area (Å²) >= 11 is 7.61. The van der Waals surface area contributed by atoms with Crippen molar-refractivity contribution in [1.82, 2.24) is 4.98 Å². The van der Waals surface area contributed by atoms with E-state index in [1.54, 1.807) is 0 Å². The summed E-state index contributed by atoms with van der Waals surface area (Å²) in [6.07, 6.45) is 1.47. The molecule has 2 heterocycles. The molecule has 6 heteroatoms. The van der Waals surface area contributed by atoms with Crippen LogP contribution in [0.15, 0.2) is 29.6 Å². The van der Waals surface area contributed by atoms with Gasteiger partial charge in [0.05, 0.1) is 22.3 Å². The first-order chi connectivity index (χ1) is 10.5. The highest BCUT2D eigenvalue weighted by Gasteiger charge is 2.45. The first kappa shape index (κ1) is 15.3. The third-order valence-electron chi connectivity index (χ3n) is 3.95. The maximum absolute atomic E-state index is 11.9. The lowest BCUT2D eigenvalue weighted by atomic mass is 9.92. The van der Waals surface area contributed by atoms with Crippen molar-refractivity contribution in [3.05, 3.63) is 40.4 Å². The van der Waals surface area contributed by atoms with E-state index in [4.69, 9.17) is 16.3 Å². The number of ether oxygens (including phenoxy) is 1. The number of hydrogen-bond donors (Lipinski definition) is 1. The van der Waals surface area contributed by atoms with E-state index in [0.717, 1.165) is 22.9 Å². The molecule has 0 amide bonds. The van der Waals surface area contributed by atoms with Gasteiger partial charge in [-0.15, -0.1) is 11.3 Å². The van der Waals surface area contributed by atoms with Crippen LogP contribution in [0.1, 0.15) is 32.4 Å². The molecule has 0 spiro atoms. The van der Waals surface area contributed by atoms with Gasteiger partial charge in [0.15, 0.2) is 10.7 Å². The highest BCUT2D eigenvalue weighted by Crippen LogP contribution is 2.41. The molecule has 22 heavy (non-hydrogen) atoms. The summed E-state index contributed by atoms with van der Waals surface area (Å²) in [6.45, 7) is 3.93.